The molecule has 0 spiro atoms. The maximum atomic E-state index is 12.2. The molecule has 3 aromatic rings. The monoisotopic (exact) mass is 466 g/mol. The molecule has 32 heavy (non-hydrogen) atoms. The van der Waals surface area contributed by atoms with E-state index in [1.165, 1.54) is 7.11 Å². The minimum Gasteiger partial charge on any atom is -0.493 e. The van der Waals surface area contributed by atoms with E-state index in [-0.39, 0.29) is 23.3 Å². The zero-order valence-electron chi connectivity index (χ0n) is 17.5. The van der Waals surface area contributed by atoms with Gasteiger partial charge in [0.1, 0.15) is 0 Å². The molecule has 5 nitrogen and oxygen atoms in total. The summed E-state index contributed by atoms with van der Waals surface area (Å²) in [5.74, 6) is 0.233. The summed E-state index contributed by atoms with van der Waals surface area (Å²) in [4.78, 5) is 12.2. The second kappa shape index (κ2) is 10.7. The van der Waals surface area contributed by atoms with Crippen LogP contribution in [0.4, 0.5) is 5.69 Å². The smallest absolute Gasteiger partial charge is 0.262 e. The number of ether oxygens (including phenoxy) is 2. The van der Waals surface area contributed by atoms with Crippen molar-refractivity contribution in [3.8, 4) is 17.6 Å². The molecule has 0 saturated heterocycles. The van der Waals surface area contributed by atoms with Crippen molar-refractivity contribution in [2.24, 2.45) is 0 Å². The van der Waals surface area contributed by atoms with Crippen molar-refractivity contribution in [2.45, 2.75) is 6.92 Å². The van der Waals surface area contributed by atoms with E-state index in [9.17, 15) is 10.1 Å². The van der Waals surface area contributed by atoms with Crippen molar-refractivity contribution in [3.63, 3.8) is 0 Å². The zero-order valence-corrected chi connectivity index (χ0v) is 19.0. The highest BCUT2D eigenvalue weighted by atomic mass is 35.5. The second-order valence-electron chi connectivity index (χ2n) is 6.91. The van der Waals surface area contributed by atoms with Crippen molar-refractivity contribution in [3.05, 3.63) is 87.4 Å². The van der Waals surface area contributed by atoms with Gasteiger partial charge in [-0.15, -0.1) is 0 Å². The van der Waals surface area contributed by atoms with Crippen LogP contribution in [-0.2, 0) is 4.79 Å². The first-order valence-corrected chi connectivity index (χ1v) is 10.4. The highest BCUT2D eigenvalue weighted by molar-refractivity contribution is 6.32. The fraction of sp³-hybridized carbons (Fsp3) is 0.120. The number of halogens is 2. The quantitative estimate of drug-likeness (QED) is 0.323. The molecule has 3 rings (SSSR count). The third-order valence-corrected chi connectivity index (χ3v) is 5.05. The van der Waals surface area contributed by atoms with Crippen LogP contribution in [0.5, 0.6) is 11.5 Å². The maximum absolute atomic E-state index is 12.2. The van der Waals surface area contributed by atoms with Gasteiger partial charge in [-0.05, 0) is 60.5 Å². The van der Waals surface area contributed by atoms with Gasteiger partial charge < -0.3 is 14.8 Å². The molecule has 1 N–H and O–H groups in total. The molecule has 0 unspecified atom stereocenters. The SMILES string of the molecule is COc1cc(/C=C(\C#N)c2ccc(C)cc2)cc(Cl)c1OCC(=O)Nc1ccc(Cl)cc1. The standard InChI is InChI=1S/C25H20Cl2N2O3/c1-16-3-5-18(6-4-16)19(14-28)11-17-12-22(27)25(23(13-17)31-2)32-15-24(30)29-21-9-7-20(26)8-10-21/h3-13H,15H2,1-2H3,(H,29,30)/b19-11+. The van der Waals surface area contributed by atoms with Gasteiger partial charge in [-0.2, -0.15) is 5.26 Å². The topological polar surface area (TPSA) is 71.3 Å². The number of aryl methyl sites for hydroxylation is 1. The van der Waals surface area contributed by atoms with Crippen molar-refractivity contribution < 1.29 is 14.3 Å². The molecule has 1 amide bonds. The van der Waals surface area contributed by atoms with Crippen LogP contribution in [0.3, 0.4) is 0 Å². The van der Waals surface area contributed by atoms with Crippen molar-refractivity contribution >= 4 is 46.4 Å². The van der Waals surface area contributed by atoms with Gasteiger partial charge >= 0.3 is 0 Å². The van der Waals surface area contributed by atoms with Crippen LogP contribution in [-0.4, -0.2) is 19.6 Å². The average molecular weight is 467 g/mol. The predicted molar refractivity (Wildman–Crippen MR) is 128 cm³/mol. The number of nitrogens with zero attached hydrogens (tertiary/aromatic N) is 1. The van der Waals surface area contributed by atoms with Gasteiger partial charge in [0, 0.05) is 10.7 Å². The number of anilines is 1. The first kappa shape index (κ1) is 23.2. The van der Waals surface area contributed by atoms with Crippen LogP contribution in [0.1, 0.15) is 16.7 Å². The van der Waals surface area contributed by atoms with Crippen molar-refractivity contribution in [1.82, 2.24) is 0 Å². The largest absolute Gasteiger partial charge is 0.493 e. The lowest BCUT2D eigenvalue weighted by molar-refractivity contribution is -0.118. The number of hydrogen-bond donors (Lipinski definition) is 1. The molecule has 0 saturated carbocycles. The summed E-state index contributed by atoms with van der Waals surface area (Å²) in [5, 5.41) is 13.1. The van der Waals surface area contributed by atoms with Crippen LogP contribution in [0, 0.1) is 18.3 Å². The van der Waals surface area contributed by atoms with Gasteiger partial charge in [0.05, 0.1) is 23.8 Å². The Hall–Kier alpha value is -3.46. The lowest BCUT2D eigenvalue weighted by Crippen LogP contribution is -2.20. The molecule has 0 atom stereocenters. The Kier molecular flexibility index (Phi) is 7.77. The number of nitriles is 1. The molecule has 0 aliphatic rings. The highest BCUT2D eigenvalue weighted by Crippen LogP contribution is 2.37. The number of benzene rings is 3. The van der Waals surface area contributed by atoms with E-state index in [0.29, 0.717) is 27.6 Å². The fourth-order valence-corrected chi connectivity index (χ4v) is 3.31. The van der Waals surface area contributed by atoms with E-state index >= 15 is 0 Å². The van der Waals surface area contributed by atoms with E-state index < -0.39 is 0 Å². The summed E-state index contributed by atoms with van der Waals surface area (Å²) >= 11 is 12.3. The van der Waals surface area contributed by atoms with E-state index in [4.69, 9.17) is 32.7 Å². The Morgan fingerprint density at radius 3 is 2.41 bits per heavy atom. The Labute approximate surface area is 196 Å². The number of amides is 1. The summed E-state index contributed by atoms with van der Waals surface area (Å²) in [6.07, 6.45) is 1.72. The van der Waals surface area contributed by atoms with Gasteiger partial charge in [0.2, 0.25) is 0 Å². The van der Waals surface area contributed by atoms with Gasteiger partial charge in [-0.1, -0.05) is 53.0 Å². The number of methoxy groups -OCH3 is 1. The summed E-state index contributed by atoms with van der Waals surface area (Å²) in [7, 11) is 1.48. The number of carbonyl (C=O) groups is 1. The van der Waals surface area contributed by atoms with Crippen LogP contribution in [0.15, 0.2) is 60.7 Å². The lowest BCUT2D eigenvalue weighted by Gasteiger charge is -2.13. The van der Waals surface area contributed by atoms with Crippen molar-refractivity contribution in [1.29, 1.82) is 5.26 Å². The maximum Gasteiger partial charge on any atom is 0.262 e. The van der Waals surface area contributed by atoms with E-state index in [2.05, 4.69) is 11.4 Å². The predicted octanol–water partition coefficient (Wildman–Crippen LogP) is 6.39. The third-order valence-electron chi connectivity index (χ3n) is 4.52. The number of rotatable bonds is 7. The highest BCUT2D eigenvalue weighted by Gasteiger charge is 2.14. The Balaban J connectivity index is 1.77. The van der Waals surface area contributed by atoms with Gasteiger partial charge in [0.25, 0.3) is 5.91 Å². The molecule has 3 aromatic carbocycles. The molecular formula is C25H20Cl2N2O3. The zero-order chi connectivity index (χ0) is 23.1. The third kappa shape index (κ3) is 6.04. The molecular weight excluding hydrogens is 447 g/mol. The Morgan fingerprint density at radius 2 is 1.78 bits per heavy atom. The normalized spacial score (nSPS) is 10.9. The van der Waals surface area contributed by atoms with E-state index in [0.717, 1.165) is 11.1 Å². The summed E-state index contributed by atoms with van der Waals surface area (Å²) in [6.45, 7) is 1.72. The van der Waals surface area contributed by atoms with Crippen LogP contribution in [0.25, 0.3) is 11.6 Å². The molecule has 0 bridgehead atoms. The van der Waals surface area contributed by atoms with Gasteiger partial charge in [-0.3, -0.25) is 4.79 Å². The average Bonchev–Trinajstić information content (AvgIpc) is 2.78. The van der Waals surface area contributed by atoms with Crippen molar-refractivity contribution in [2.75, 3.05) is 19.0 Å². The molecule has 0 aliphatic heterocycles. The minimum atomic E-state index is -0.361. The number of nitrogens with one attached hydrogen (secondary N) is 1. The second-order valence-corrected chi connectivity index (χ2v) is 7.76. The number of carbonyl (C=O) groups excluding carboxylic acids is 1. The molecule has 0 fully saturated rings. The lowest BCUT2D eigenvalue weighted by atomic mass is 10.0. The molecule has 0 radical (unpaired) electrons. The molecule has 0 aliphatic carbocycles. The Morgan fingerprint density at radius 1 is 1.09 bits per heavy atom. The summed E-state index contributed by atoms with van der Waals surface area (Å²) in [6, 6.07) is 20.0. The summed E-state index contributed by atoms with van der Waals surface area (Å²) in [5.41, 5.74) is 3.66. The van der Waals surface area contributed by atoms with Crippen LogP contribution < -0.4 is 14.8 Å². The van der Waals surface area contributed by atoms with E-state index in [1.807, 2.05) is 31.2 Å². The summed E-state index contributed by atoms with van der Waals surface area (Å²) < 4.78 is 11.0. The minimum absolute atomic E-state index is 0.242. The fourth-order valence-electron chi connectivity index (χ4n) is 2.91. The number of hydrogen-bond acceptors (Lipinski definition) is 4. The van der Waals surface area contributed by atoms with Crippen LogP contribution >= 0.6 is 23.2 Å². The van der Waals surface area contributed by atoms with Crippen LogP contribution in [0.2, 0.25) is 10.0 Å². The Bertz CT molecular complexity index is 1180. The van der Waals surface area contributed by atoms with Gasteiger partial charge in [-0.25, -0.2) is 0 Å². The first-order chi connectivity index (χ1) is 15.4. The van der Waals surface area contributed by atoms with Gasteiger partial charge in [0.15, 0.2) is 18.1 Å². The van der Waals surface area contributed by atoms with E-state index in [1.54, 1.807) is 42.5 Å². The first-order valence-electron chi connectivity index (χ1n) is 9.64. The molecule has 7 heteroatoms. The molecule has 162 valence electrons. The number of allylic oxidation sites excluding steroid dienone is 1. The molecule has 0 heterocycles. The molecule has 0 aromatic heterocycles.